The molecule has 0 aliphatic heterocycles. The molecule has 39 heavy (non-hydrogen) atoms. The van der Waals surface area contributed by atoms with Gasteiger partial charge in [0, 0.05) is 12.6 Å². The van der Waals surface area contributed by atoms with E-state index in [0.717, 1.165) is 26.6 Å². The van der Waals surface area contributed by atoms with Crippen molar-refractivity contribution in [3.05, 3.63) is 95.1 Å². The molecule has 0 saturated carbocycles. The smallest absolute Gasteiger partial charge is 0.264 e. The zero-order chi connectivity index (χ0) is 28.7. The van der Waals surface area contributed by atoms with E-state index in [-0.39, 0.29) is 23.4 Å². The largest absolute Gasteiger partial charge is 0.352 e. The second-order valence-electron chi connectivity index (χ2n) is 10.2. The molecule has 0 aliphatic rings. The fraction of sp³-hybridized carbons (Fsp3) is 0.355. The molecule has 3 rings (SSSR count). The van der Waals surface area contributed by atoms with Crippen LogP contribution in [-0.4, -0.2) is 43.8 Å². The highest BCUT2D eigenvalue weighted by molar-refractivity contribution is 7.92. The normalized spacial score (nSPS) is 12.2. The molecule has 0 aromatic heterocycles. The second kappa shape index (κ2) is 12.9. The van der Waals surface area contributed by atoms with E-state index < -0.39 is 28.5 Å². The van der Waals surface area contributed by atoms with Crippen molar-refractivity contribution in [3.8, 4) is 0 Å². The number of nitrogens with zero attached hydrogens (tertiary/aromatic N) is 2. The van der Waals surface area contributed by atoms with Crippen LogP contribution in [0.15, 0.2) is 77.7 Å². The molecule has 0 unspecified atom stereocenters. The van der Waals surface area contributed by atoms with Gasteiger partial charge in [-0.05, 0) is 70.4 Å². The molecule has 0 spiro atoms. The minimum Gasteiger partial charge on any atom is -0.352 e. The van der Waals surface area contributed by atoms with Crippen molar-refractivity contribution in [1.29, 1.82) is 0 Å². The van der Waals surface area contributed by atoms with Crippen LogP contribution in [0.2, 0.25) is 0 Å². The van der Waals surface area contributed by atoms with Gasteiger partial charge in [0.1, 0.15) is 12.6 Å². The number of carbonyl (C=O) groups is 2. The van der Waals surface area contributed by atoms with E-state index in [4.69, 9.17) is 0 Å². The maximum Gasteiger partial charge on any atom is 0.264 e. The van der Waals surface area contributed by atoms with Crippen molar-refractivity contribution in [2.75, 3.05) is 10.8 Å². The lowest BCUT2D eigenvalue weighted by molar-refractivity contribution is -0.140. The molecule has 1 N–H and O–H groups in total. The summed E-state index contributed by atoms with van der Waals surface area (Å²) in [7, 11) is -4.09. The number of nitrogens with one attached hydrogen (secondary N) is 1. The summed E-state index contributed by atoms with van der Waals surface area (Å²) in [5.41, 5.74) is 4.00. The summed E-state index contributed by atoms with van der Waals surface area (Å²) in [6.45, 7) is 11.0. The molecular formula is C31H39N3O4S. The number of hydrogen-bond acceptors (Lipinski definition) is 4. The predicted octanol–water partition coefficient (Wildman–Crippen LogP) is 5.14. The van der Waals surface area contributed by atoms with Crippen molar-refractivity contribution in [1.82, 2.24) is 10.2 Å². The summed E-state index contributed by atoms with van der Waals surface area (Å²) in [6, 6.07) is 20.5. The van der Waals surface area contributed by atoms with E-state index in [2.05, 4.69) is 5.32 Å². The lowest BCUT2D eigenvalue weighted by Crippen LogP contribution is -2.53. The average molecular weight is 550 g/mol. The van der Waals surface area contributed by atoms with Gasteiger partial charge >= 0.3 is 0 Å². The monoisotopic (exact) mass is 549 g/mol. The minimum atomic E-state index is -4.09. The van der Waals surface area contributed by atoms with E-state index >= 15 is 0 Å². The average Bonchev–Trinajstić information content (AvgIpc) is 2.88. The van der Waals surface area contributed by atoms with Gasteiger partial charge < -0.3 is 10.2 Å². The van der Waals surface area contributed by atoms with Crippen molar-refractivity contribution in [2.45, 2.75) is 71.5 Å². The van der Waals surface area contributed by atoms with Crippen LogP contribution in [0.4, 0.5) is 5.69 Å². The fourth-order valence-electron chi connectivity index (χ4n) is 4.38. The van der Waals surface area contributed by atoms with Crippen LogP contribution in [0.1, 0.15) is 49.4 Å². The number of sulfonamides is 1. The molecule has 7 nitrogen and oxygen atoms in total. The Hall–Kier alpha value is -3.65. The van der Waals surface area contributed by atoms with Gasteiger partial charge in [-0.1, -0.05) is 72.6 Å². The fourth-order valence-corrected chi connectivity index (χ4v) is 5.86. The molecule has 3 aromatic carbocycles. The number of rotatable bonds is 11. The summed E-state index contributed by atoms with van der Waals surface area (Å²) in [4.78, 5) is 28.9. The number of benzene rings is 3. The van der Waals surface area contributed by atoms with Crippen molar-refractivity contribution < 1.29 is 18.0 Å². The Labute approximate surface area is 232 Å². The van der Waals surface area contributed by atoms with Gasteiger partial charge in [0.2, 0.25) is 11.8 Å². The molecule has 0 heterocycles. The van der Waals surface area contributed by atoms with Crippen molar-refractivity contribution >= 4 is 27.5 Å². The molecule has 0 radical (unpaired) electrons. The van der Waals surface area contributed by atoms with E-state index in [9.17, 15) is 18.0 Å². The van der Waals surface area contributed by atoms with Gasteiger partial charge in [0.05, 0.1) is 10.6 Å². The third kappa shape index (κ3) is 7.47. The highest BCUT2D eigenvalue weighted by Crippen LogP contribution is 2.27. The molecule has 0 aliphatic carbocycles. The first-order chi connectivity index (χ1) is 18.4. The molecular weight excluding hydrogens is 510 g/mol. The van der Waals surface area contributed by atoms with Gasteiger partial charge in [-0.3, -0.25) is 13.9 Å². The summed E-state index contributed by atoms with van der Waals surface area (Å²) >= 11 is 0. The van der Waals surface area contributed by atoms with Crippen LogP contribution in [0, 0.1) is 20.8 Å². The van der Waals surface area contributed by atoms with Crippen LogP contribution < -0.4 is 9.62 Å². The van der Waals surface area contributed by atoms with Crippen molar-refractivity contribution in [2.24, 2.45) is 0 Å². The van der Waals surface area contributed by atoms with E-state index in [1.807, 2.05) is 77.9 Å². The third-order valence-corrected chi connectivity index (χ3v) is 8.34. The Morgan fingerprint density at radius 1 is 0.846 bits per heavy atom. The SMILES string of the molecule is CC[C@H](C(=O)NC(C)C)N(Cc1ccc(C)cc1)C(=O)CN(c1ccccc1C)S(=O)(=O)c1ccc(C)cc1. The van der Waals surface area contributed by atoms with Gasteiger partial charge in [-0.15, -0.1) is 0 Å². The Kier molecular flexibility index (Phi) is 9.92. The molecule has 3 aromatic rings. The minimum absolute atomic E-state index is 0.0961. The van der Waals surface area contributed by atoms with Crippen molar-refractivity contribution in [3.63, 3.8) is 0 Å². The second-order valence-corrected chi connectivity index (χ2v) is 12.1. The van der Waals surface area contributed by atoms with E-state index in [1.54, 1.807) is 36.4 Å². The summed E-state index contributed by atoms with van der Waals surface area (Å²) < 4.78 is 29.0. The first kappa shape index (κ1) is 29.9. The van der Waals surface area contributed by atoms with Crippen LogP contribution >= 0.6 is 0 Å². The number of hydrogen-bond donors (Lipinski definition) is 1. The first-order valence-corrected chi connectivity index (χ1v) is 14.7. The Balaban J connectivity index is 2.07. The van der Waals surface area contributed by atoms with E-state index in [0.29, 0.717) is 12.1 Å². The summed E-state index contributed by atoms with van der Waals surface area (Å²) in [6.07, 6.45) is 0.380. The Morgan fingerprint density at radius 3 is 1.95 bits per heavy atom. The van der Waals surface area contributed by atoms with Crippen LogP contribution in [0.25, 0.3) is 0 Å². The third-order valence-electron chi connectivity index (χ3n) is 6.56. The molecule has 0 saturated heterocycles. The maximum absolute atomic E-state index is 14.1. The maximum atomic E-state index is 14.1. The quantitative estimate of drug-likeness (QED) is 0.359. The predicted molar refractivity (Wildman–Crippen MR) is 156 cm³/mol. The van der Waals surface area contributed by atoms with Gasteiger partial charge in [0.25, 0.3) is 10.0 Å². The molecule has 0 fully saturated rings. The van der Waals surface area contributed by atoms with Gasteiger partial charge in [-0.25, -0.2) is 8.42 Å². The standard InChI is InChI=1S/C31H39N3O4S/c1-7-28(31(36)32-22(2)3)33(20-26-16-12-23(4)13-17-26)30(35)21-34(29-11-9-8-10-25(29)6)39(37,38)27-18-14-24(5)15-19-27/h8-19,22,28H,7,20-21H2,1-6H3,(H,32,36)/t28-/m1/s1. The highest BCUT2D eigenvalue weighted by atomic mass is 32.2. The van der Waals surface area contributed by atoms with Gasteiger partial charge in [-0.2, -0.15) is 0 Å². The molecule has 0 bridgehead atoms. The zero-order valence-corrected chi connectivity index (χ0v) is 24.5. The number of carbonyl (C=O) groups excluding carboxylic acids is 2. The number of para-hydroxylation sites is 1. The molecule has 2 amide bonds. The Bertz CT molecular complexity index is 1380. The lowest BCUT2D eigenvalue weighted by atomic mass is 10.1. The number of amides is 2. The van der Waals surface area contributed by atoms with Gasteiger partial charge in [0.15, 0.2) is 0 Å². The van der Waals surface area contributed by atoms with Crippen LogP contribution in [0.3, 0.4) is 0 Å². The molecule has 8 heteroatoms. The lowest BCUT2D eigenvalue weighted by Gasteiger charge is -2.34. The molecule has 208 valence electrons. The topological polar surface area (TPSA) is 86.8 Å². The van der Waals surface area contributed by atoms with Crippen LogP contribution in [-0.2, 0) is 26.2 Å². The Morgan fingerprint density at radius 2 is 1.41 bits per heavy atom. The number of anilines is 1. The van der Waals surface area contributed by atoms with Crippen LogP contribution in [0.5, 0.6) is 0 Å². The zero-order valence-electron chi connectivity index (χ0n) is 23.6. The highest BCUT2D eigenvalue weighted by Gasteiger charge is 2.34. The first-order valence-electron chi connectivity index (χ1n) is 13.2. The number of aryl methyl sites for hydroxylation is 3. The molecule has 1 atom stereocenters. The van der Waals surface area contributed by atoms with E-state index in [1.165, 1.54) is 4.90 Å². The summed E-state index contributed by atoms with van der Waals surface area (Å²) in [5, 5.41) is 2.91. The summed E-state index contributed by atoms with van der Waals surface area (Å²) in [5.74, 6) is -0.725.